The van der Waals surface area contributed by atoms with E-state index in [1.165, 1.54) is 18.4 Å². The Balaban J connectivity index is 2.17. The Kier molecular flexibility index (Phi) is 3.96. The lowest BCUT2D eigenvalue weighted by atomic mass is 10.1. The summed E-state index contributed by atoms with van der Waals surface area (Å²) in [4.78, 5) is 11.7. The second-order valence-electron chi connectivity index (χ2n) is 3.98. The lowest BCUT2D eigenvalue weighted by molar-refractivity contribution is -0.144. The number of fused-ring (bicyclic) bond motifs is 1. The zero-order valence-electron chi connectivity index (χ0n) is 9.87. The third-order valence-electron chi connectivity index (χ3n) is 2.70. The maximum atomic E-state index is 11.0. The summed E-state index contributed by atoms with van der Waals surface area (Å²) in [5.41, 5.74) is 0. The van der Waals surface area contributed by atoms with E-state index in [1.54, 1.807) is 0 Å². The Bertz CT molecular complexity index is 516. The van der Waals surface area contributed by atoms with E-state index in [0.29, 0.717) is 4.88 Å². The van der Waals surface area contributed by atoms with Crippen LogP contribution in [-0.2, 0) is 9.53 Å². The van der Waals surface area contributed by atoms with Crippen molar-refractivity contribution in [2.75, 3.05) is 7.11 Å². The molecule has 4 nitrogen and oxygen atoms in total. The molecule has 0 fully saturated rings. The van der Waals surface area contributed by atoms with Gasteiger partial charge in [0.15, 0.2) is 0 Å². The molecule has 0 aliphatic heterocycles. The van der Waals surface area contributed by atoms with Crippen LogP contribution in [0, 0.1) is 0 Å². The largest absolute Gasteiger partial charge is 0.469 e. The van der Waals surface area contributed by atoms with Gasteiger partial charge in [0.2, 0.25) is 0 Å². The molecule has 0 aliphatic carbocycles. The first-order chi connectivity index (χ1) is 8.61. The predicted molar refractivity (Wildman–Crippen MR) is 69.4 cm³/mol. The number of aliphatic hydroxyl groups excluding tert-OH is 2. The molecular weight excluding hydrogens is 252 g/mol. The Morgan fingerprint density at radius 3 is 2.78 bits per heavy atom. The highest BCUT2D eigenvalue weighted by atomic mass is 32.1. The molecule has 5 heteroatoms. The highest BCUT2D eigenvalue weighted by Crippen LogP contribution is 2.31. The number of ether oxygens (including phenoxy) is 1. The first kappa shape index (κ1) is 13.0. The maximum Gasteiger partial charge on any atom is 0.308 e. The lowest BCUT2D eigenvalue weighted by Crippen LogP contribution is -2.21. The average molecular weight is 266 g/mol. The van der Waals surface area contributed by atoms with E-state index < -0.39 is 18.2 Å². The van der Waals surface area contributed by atoms with E-state index in [0.717, 1.165) is 10.1 Å². The predicted octanol–water partition coefficient (Wildman–Crippen LogP) is 1.86. The van der Waals surface area contributed by atoms with Gasteiger partial charge in [-0.3, -0.25) is 4.79 Å². The zero-order chi connectivity index (χ0) is 13.1. The van der Waals surface area contributed by atoms with Gasteiger partial charge >= 0.3 is 5.97 Å². The SMILES string of the molecule is COC(=O)CC(O)C(O)c1cc2ccccc2s1. The smallest absolute Gasteiger partial charge is 0.308 e. The first-order valence-corrected chi connectivity index (χ1v) is 6.35. The van der Waals surface area contributed by atoms with Crippen LogP contribution in [0.5, 0.6) is 0 Å². The molecule has 18 heavy (non-hydrogen) atoms. The molecule has 0 spiro atoms. The summed E-state index contributed by atoms with van der Waals surface area (Å²) in [6.07, 6.45) is -2.43. The van der Waals surface area contributed by atoms with Gasteiger partial charge in [-0.1, -0.05) is 18.2 Å². The Hall–Kier alpha value is -1.43. The third kappa shape index (κ3) is 2.69. The molecule has 0 aliphatic rings. The Morgan fingerprint density at radius 1 is 1.39 bits per heavy atom. The number of benzene rings is 1. The van der Waals surface area contributed by atoms with E-state index in [-0.39, 0.29) is 6.42 Å². The minimum absolute atomic E-state index is 0.216. The van der Waals surface area contributed by atoms with Crippen LogP contribution in [0.1, 0.15) is 17.4 Å². The van der Waals surface area contributed by atoms with Crippen molar-refractivity contribution in [1.82, 2.24) is 0 Å². The van der Waals surface area contributed by atoms with E-state index in [2.05, 4.69) is 4.74 Å². The number of carbonyl (C=O) groups excluding carboxylic acids is 1. The molecule has 0 radical (unpaired) electrons. The van der Waals surface area contributed by atoms with Crippen LogP contribution in [0.15, 0.2) is 30.3 Å². The molecular formula is C13H14O4S. The van der Waals surface area contributed by atoms with Crippen molar-refractivity contribution >= 4 is 27.4 Å². The fraction of sp³-hybridized carbons (Fsp3) is 0.308. The summed E-state index contributed by atoms with van der Waals surface area (Å²) in [7, 11) is 1.25. The van der Waals surface area contributed by atoms with Gasteiger partial charge in [-0.2, -0.15) is 0 Å². The summed E-state index contributed by atoms with van der Waals surface area (Å²) < 4.78 is 5.50. The van der Waals surface area contributed by atoms with Gasteiger partial charge in [-0.05, 0) is 17.5 Å². The molecule has 96 valence electrons. The minimum Gasteiger partial charge on any atom is -0.469 e. The number of aliphatic hydroxyl groups is 2. The summed E-state index contributed by atoms with van der Waals surface area (Å²) in [6.45, 7) is 0. The van der Waals surface area contributed by atoms with E-state index in [4.69, 9.17) is 0 Å². The van der Waals surface area contributed by atoms with Crippen molar-refractivity contribution in [3.05, 3.63) is 35.2 Å². The minimum atomic E-state index is -1.15. The number of carbonyl (C=O) groups is 1. The Labute approximate surface area is 108 Å². The number of hydrogen-bond donors (Lipinski definition) is 2. The molecule has 0 amide bonds. The molecule has 0 saturated heterocycles. The van der Waals surface area contributed by atoms with Crippen LogP contribution < -0.4 is 0 Å². The third-order valence-corrected chi connectivity index (χ3v) is 3.89. The highest BCUT2D eigenvalue weighted by molar-refractivity contribution is 7.19. The van der Waals surface area contributed by atoms with Crippen LogP contribution in [0.3, 0.4) is 0 Å². The summed E-state index contributed by atoms with van der Waals surface area (Å²) in [6, 6.07) is 9.54. The van der Waals surface area contributed by atoms with Crippen molar-refractivity contribution in [3.8, 4) is 0 Å². The topological polar surface area (TPSA) is 66.8 Å². The van der Waals surface area contributed by atoms with Gasteiger partial charge < -0.3 is 14.9 Å². The molecule has 1 aromatic carbocycles. The molecule has 2 aromatic rings. The summed E-state index contributed by atoms with van der Waals surface area (Å²) >= 11 is 1.41. The quantitative estimate of drug-likeness (QED) is 0.829. The number of esters is 1. The van der Waals surface area contributed by atoms with Gasteiger partial charge in [0.25, 0.3) is 0 Å². The van der Waals surface area contributed by atoms with Gasteiger partial charge in [0.05, 0.1) is 19.6 Å². The molecule has 2 unspecified atom stereocenters. The molecule has 1 aromatic heterocycles. The van der Waals surface area contributed by atoms with Crippen molar-refractivity contribution in [2.45, 2.75) is 18.6 Å². The fourth-order valence-electron chi connectivity index (χ4n) is 1.70. The molecule has 1 heterocycles. The summed E-state index contributed by atoms with van der Waals surface area (Å²) in [5, 5.41) is 20.8. The fourth-order valence-corrected chi connectivity index (χ4v) is 2.81. The monoisotopic (exact) mass is 266 g/mol. The van der Waals surface area contributed by atoms with Gasteiger partial charge in [-0.15, -0.1) is 11.3 Å². The number of hydrogen-bond acceptors (Lipinski definition) is 5. The number of methoxy groups -OCH3 is 1. The van der Waals surface area contributed by atoms with E-state index >= 15 is 0 Å². The lowest BCUT2D eigenvalue weighted by Gasteiger charge is -2.14. The van der Waals surface area contributed by atoms with Crippen LogP contribution >= 0.6 is 11.3 Å². The summed E-state index contributed by atoms with van der Waals surface area (Å²) in [5.74, 6) is -0.539. The van der Waals surface area contributed by atoms with Gasteiger partial charge in [-0.25, -0.2) is 0 Å². The molecule has 2 rings (SSSR count). The zero-order valence-corrected chi connectivity index (χ0v) is 10.7. The van der Waals surface area contributed by atoms with Crippen LogP contribution in [-0.4, -0.2) is 29.4 Å². The van der Waals surface area contributed by atoms with Crippen molar-refractivity contribution < 1.29 is 19.7 Å². The van der Waals surface area contributed by atoms with E-state index in [9.17, 15) is 15.0 Å². The standard InChI is InChI=1S/C13H14O4S/c1-17-12(15)7-9(14)13(16)11-6-8-4-2-3-5-10(8)18-11/h2-6,9,13-14,16H,7H2,1H3. The first-order valence-electron chi connectivity index (χ1n) is 5.53. The number of rotatable bonds is 4. The molecule has 2 atom stereocenters. The second kappa shape index (κ2) is 5.48. The van der Waals surface area contributed by atoms with Crippen molar-refractivity contribution in [2.24, 2.45) is 0 Å². The second-order valence-corrected chi connectivity index (χ2v) is 5.09. The maximum absolute atomic E-state index is 11.0. The normalized spacial score (nSPS) is 14.4. The van der Waals surface area contributed by atoms with Gasteiger partial charge in [0, 0.05) is 9.58 Å². The van der Waals surface area contributed by atoms with Crippen LogP contribution in [0.25, 0.3) is 10.1 Å². The Morgan fingerprint density at radius 2 is 2.11 bits per heavy atom. The van der Waals surface area contributed by atoms with Crippen molar-refractivity contribution in [3.63, 3.8) is 0 Å². The highest BCUT2D eigenvalue weighted by Gasteiger charge is 2.23. The molecule has 0 saturated carbocycles. The van der Waals surface area contributed by atoms with Crippen molar-refractivity contribution in [1.29, 1.82) is 0 Å². The molecule has 0 bridgehead atoms. The average Bonchev–Trinajstić information content (AvgIpc) is 2.81. The van der Waals surface area contributed by atoms with Crippen LogP contribution in [0.4, 0.5) is 0 Å². The molecule has 2 N–H and O–H groups in total. The van der Waals surface area contributed by atoms with Crippen LogP contribution in [0.2, 0.25) is 0 Å². The number of thiophene rings is 1. The van der Waals surface area contributed by atoms with Gasteiger partial charge in [0.1, 0.15) is 6.10 Å². The van der Waals surface area contributed by atoms with E-state index in [1.807, 2.05) is 30.3 Å².